The molecule has 0 radical (unpaired) electrons. The van der Waals surface area contributed by atoms with E-state index in [-0.39, 0.29) is 102 Å². The van der Waals surface area contributed by atoms with Gasteiger partial charge in [-0.1, -0.05) is 200 Å². The van der Waals surface area contributed by atoms with Crippen LogP contribution < -0.4 is 15.1 Å². The number of piperidine rings is 3. The van der Waals surface area contributed by atoms with Gasteiger partial charge >= 0.3 is 17.9 Å². The highest BCUT2D eigenvalue weighted by Gasteiger charge is 2.43. The predicted octanol–water partition coefficient (Wildman–Crippen LogP) is 18.6. The van der Waals surface area contributed by atoms with E-state index in [2.05, 4.69) is 89.0 Å². The fourth-order valence-corrected chi connectivity index (χ4v) is 12.6. The molecule has 0 aromatic heterocycles. The molecular weight excluding hydrogens is 1360 g/mol. The summed E-state index contributed by atoms with van der Waals surface area (Å²) in [6, 6.07) is 51.6. The first-order valence-corrected chi connectivity index (χ1v) is 39.6. The molecule has 0 aliphatic carbocycles. The molecular formula is C77H106BrF6N3O9Si2. The number of carbonyl (C=O) groups is 3. The van der Waals surface area contributed by atoms with Crippen LogP contribution in [-0.4, -0.2) is 115 Å². The van der Waals surface area contributed by atoms with Crippen molar-refractivity contribution in [3.05, 3.63) is 202 Å². The molecule has 3 heterocycles. The first kappa shape index (κ1) is 84.1. The van der Waals surface area contributed by atoms with Crippen LogP contribution in [0.25, 0.3) is 0 Å². The van der Waals surface area contributed by atoms with Crippen LogP contribution in [0.3, 0.4) is 0 Å². The molecule has 0 unspecified atom stereocenters. The summed E-state index contributed by atoms with van der Waals surface area (Å²) in [4.78, 5) is 41.8. The van der Waals surface area contributed by atoms with Crippen molar-refractivity contribution >= 4 is 61.8 Å². The summed E-state index contributed by atoms with van der Waals surface area (Å²) in [6.45, 7) is 24.3. The molecule has 9 rings (SSSR count). The van der Waals surface area contributed by atoms with E-state index in [1.165, 1.54) is 0 Å². The van der Waals surface area contributed by atoms with E-state index >= 15 is 0 Å². The Morgan fingerprint density at radius 3 is 1.03 bits per heavy atom. The molecule has 3 aliphatic rings. The maximum Gasteiger partial charge on any atom is 0.335 e. The molecule has 0 amide bonds. The number of carbonyl (C=O) groups excluding carboxylic acids is 3. The number of nitrogens with one attached hydrogen (secondary N) is 1. The van der Waals surface area contributed by atoms with Crippen molar-refractivity contribution in [2.75, 3.05) is 49.1 Å². The quantitative estimate of drug-likeness (QED) is 0.0307. The van der Waals surface area contributed by atoms with E-state index in [1.807, 2.05) is 161 Å². The number of halogens is 7. The lowest BCUT2D eigenvalue weighted by Gasteiger charge is -2.38. The van der Waals surface area contributed by atoms with E-state index in [1.54, 1.807) is 12.1 Å². The molecule has 6 aromatic carbocycles. The van der Waals surface area contributed by atoms with Crippen LogP contribution in [0.1, 0.15) is 128 Å². The maximum absolute atomic E-state index is 13.5. The Morgan fingerprint density at radius 2 is 0.735 bits per heavy atom. The summed E-state index contributed by atoms with van der Waals surface area (Å²) < 4.78 is 108. The average molecular weight is 1470 g/mol. The summed E-state index contributed by atoms with van der Waals surface area (Å²) in [5, 5.41) is 12.9. The van der Waals surface area contributed by atoms with Gasteiger partial charge in [-0.3, -0.25) is 0 Å². The van der Waals surface area contributed by atoms with Gasteiger partial charge in [0.05, 0.1) is 0 Å². The lowest BCUT2D eigenvalue weighted by molar-refractivity contribution is -0.155. The highest BCUT2D eigenvalue weighted by molar-refractivity contribution is 9.10. The number of nitrogens with zero attached hydrogens (tertiary/aromatic N) is 2. The number of anilines is 2. The number of rotatable bonds is 21. The van der Waals surface area contributed by atoms with Crippen LogP contribution >= 0.6 is 15.9 Å². The fourth-order valence-electron chi connectivity index (χ4n) is 9.90. The third kappa shape index (κ3) is 28.7. The van der Waals surface area contributed by atoms with Crippen molar-refractivity contribution in [3.63, 3.8) is 0 Å². The molecule has 540 valence electrons. The lowest BCUT2D eigenvalue weighted by Crippen LogP contribution is -2.47. The molecule has 12 nitrogen and oxygen atoms in total. The molecule has 0 bridgehead atoms. The Bertz CT molecular complexity index is 3280. The smallest absolute Gasteiger partial charge is 0.335 e. The monoisotopic (exact) mass is 1470 g/mol. The third-order valence-corrected chi connectivity index (χ3v) is 27.6. The third-order valence-electron chi connectivity index (χ3n) is 18.1. The first-order valence-electron chi connectivity index (χ1n) is 33.0. The average Bonchev–Trinajstić information content (AvgIpc) is 0.837. The van der Waals surface area contributed by atoms with Gasteiger partial charge in [-0.05, 0) is 106 Å². The van der Waals surface area contributed by atoms with Crippen LogP contribution in [0.15, 0.2) is 168 Å². The Balaban J connectivity index is 0.000000294. The second-order valence-corrected chi connectivity index (χ2v) is 38.3. The zero-order chi connectivity index (χ0) is 70.4. The van der Waals surface area contributed by atoms with Gasteiger partial charge in [-0.15, -0.1) is 0 Å². The highest BCUT2D eigenvalue weighted by Crippen LogP contribution is 2.40. The molecule has 0 spiro atoms. The molecule has 3 fully saturated rings. The Labute approximate surface area is 589 Å². The van der Waals surface area contributed by atoms with Crippen molar-refractivity contribution in [1.29, 1.82) is 0 Å². The summed E-state index contributed by atoms with van der Waals surface area (Å²) in [5.74, 6) is -8.85. The van der Waals surface area contributed by atoms with Crippen molar-refractivity contribution in [2.45, 2.75) is 206 Å². The number of aliphatic hydroxyl groups is 1. The SMILES string of the molecule is C.C.CC(C)(C)[Si](C)(C)O[C@H](Cc1ccc(Br)cc1)C(=O)OCc1ccccc1.CC(C)(C)[Si](C)(C)O[C@H](Cc1ccc(N2CCC(F)(F)CC2)cc1)C(=O)OCc1ccccc1.FC1(F)CCNCC1.O=C(OCc1ccccc1)[C@H](O)Cc1ccc(N2CCC(F)(F)CC2)cc1. The zero-order valence-corrected chi connectivity index (χ0v) is 60.9. The first-order chi connectivity index (χ1) is 45.1. The molecule has 21 heteroatoms. The van der Waals surface area contributed by atoms with Crippen molar-refractivity contribution < 1.29 is 68.9 Å². The summed E-state index contributed by atoms with van der Waals surface area (Å²) in [6.07, 6.45) is -2.00. The largest absolute Gasteiger partial charge is 0.459 e. The summed E-state index contributed by atoms with van der Waals surface area (Å²) in [7, 11) is -4.34. The van der Waals surface area contributed by atoms with E-state index < -0.39 is 58.7 Å². The standard InChI is InChI=1S/C27H37F2NO3Si.C22H29BrO3Si.C21H23F2NO3.C5H9F2N.2CH4/c1-26(2,3)34(4,5)33-24(25(31)32-20-22-9-7-6-8-10-22)19-21-11-13-23(14-12-21)30-17-15-27(28,29)16-18-30;1-22(2,3)27(4,5)26-20(15-17-11-13-19(23)14-12-17)21(24)25-16-18-9-7-6-8-10-18;22-21(23)10-12-24(13-11-21)18-8-6-16(7-9-18)14-19(25)20(26)27-15-17-4-2-1-3-5-17;6-5(7)1-3-8-4-2-5;;/h6-14,24H,15-20H2,1-5H3;6-14,20H,15-16H2,1-5H3;1-9,19,25H,10-15H2;8H,1-4H2;2*1H4/t24-;20-;19-;;;/m111.../s1. The van der Waals surface area contributed by atoms with Gasteiger partial charge in [0.15, 0.2) is 22.7 Å². The van der Waals surface area contributed by atoms with Crippen molar-refractivity contribution in [3.8, 4) is 0 Å². The number of alkyl halides is 6. The Kier molecular flexibility index (Phi) is 33.0. The molecule has 6 aromatic rings. The van der Waals surface area contributed by atoms with Gasteiger partial charge in [-0.2, -0.15) is 0 Å². The number of benzene rings is 6. The second-order valence-electron chi connectivity index (χ2n) is 27.9. The van der Waals surface area contributed by atoms with E-state index in [0.717, 1.165) is 49.2 Å². The molecule has 3 atom stereocenters. The molecule has 2 N–H and O–H groups in total. The minimum absolute atomic E-state index is 0. The van der Waals surface area contributed by atoms with Crippen molar-refractivity contribution in [1.82, 2.24) is 5.32 Å². The topological polar surface area (TPSA) is 136 Å². The minimum Gasteiger partial charge on any atom is -0.459 e. The van der Waals surface area contributed by atoms with Crippen LogP contribution in [0, 0.1) is 0 Å². The van der Waals surface area contributed by atoms with E-state index in [4.69, 9.17) is 23.1 Å². The van der Waals surface area contributed by atoms with Gasteiger partial charge < -0.3 is 43.3 Å². The van der Waals surface area contributed by atoms with Crippen LogP contribution in [0.2, 0.25) is 36.3 Å². The molecule has 3 aliphatic heterocycles. The molecule has 0 saturated carbocycles. The number of aliphatic hydroxyl groups excluding tert-OH is 1. The number of ether oxygens (including phenoxy) is 3. The highest BCUT2D eigenvalue weighted by atomic mass is 79.9. The van der Waals surface area contributed by atoms with Gasteiger partial charge in [0.1, 0.15) is 32.0 Å². The summed E-state index contributed by atoms with van der Waals surface area (Å²) in [5.41, 5.74) is 7.34. The second kappa shape index (κ2) is 38.5. The van der Waals surface area contributed by atoms with Gasteiger partial charge in [-0.25, -0.2) is 40.7 Å². The number of hydrogen-bond acceptors (Lipinski definition) is 12. The van der Waals surface area contributed by atoms with Crippen LogP contribution in [0.5, 0.6) is 0 Å². The van der Waals surface area contributed by atoms with Gasteiger partial charge in [0.2, 0.25) is 0 Å². The predicted molar refractivity (Wildman–Crippen MR) is 390 cm³/mol. The van der Waals surface area contributed by atoms with Gasteiger partial charge in [0.25, 0.3) is 17.8 Å². The minimum atomic E-state index is -2.57. The van der Waals surface area contributed by atoms with Crippen LogP contribution in [0.4, 0.5) is 37.7 Å². The Hall–Kier alpha value is -6.34. The summed E-state index contributed by atoms with van der Waals surface area (Å²) >= 11 is 3.45. The lowest BCUT2D eigenvalue weighted by atomic mass is 10.0. The maximum atomic E-state index is 13.5. The molecule has 98 heavy (non-hydrogen) atoms. The zero-order valence-electron chi connectivity index (χ0n) is 57.3. The van der Waals surface area contributed by atoms with Crippen LogP contribution in [-0.2, 0) is 76.5 Å². The van der Waals surface area contributed by atoms with E-state index in [0.29, 0.717) is 52.1 Å². The fraction of sp³-hybridized carbons (Fsp3) is 0.494. The van der Waals surface area contributed by atoms with Gasteiger partial charge in [0, 0.05) is 113 Å². The molecule has 3 saturated heterocycles. The number of esters is 3. The van der Waals surface area contributed by atoms with E-state index in [9.17, 15) is 45.8 Å². The normalized spacial score (nSPS) is 16.7. The number of hydrogen-bond donors (Lipinski definition) is 2. The van der Waals surface area contributed by atoms with Crippen molar-refractivity contribution in [2.24, 2.45) is 0 Å². The Morgan fingerprint density at radius 1 is 0.449 bits per heavy atom.